The van der Waals surface area contributed by atoms with Crippen molar-refractivity contribution >= 4 is 29.0 Å². The van der Waals surface area contributed by atoms with E-state index in [1.807, 2.05) is 103 Å². The van der Waals surface area contributed by atoms with E-state index < -0.39 is 0 Å². The number of nitrogen functional groups attached to an aromatic ring is 1. The molecule has 0 unspecified atom stereocenters. The highest BCUT2D eigenvalue weighted by atomic mass is 32.2. The number of nitriles is 1. The van der Waals surface area contributed by atoms with E-state index in [1.165, 1.54) is 50.6 Å². The second kappa shape index (κ2) is 24.4. The molecule has 270 valence electrons. The Morgan fingerprint density at radius 3 is 1.90 bits per heavy atom. The van der Waals surface area contributed by atoms with E-state index in [2.05, 4.69) is 76.4 Å². The van der Waals surface area contributed by atoms with Crippen LogP contribution in [0.2, 0.25) is 0 Å². The number of nitrogens with zero attached hydrogens (tertiary/aromatic N) is 2. The molecule has 0 aromatic heterocycles. The lowest BCUT2D eigenvalue weighted by atomic mass is 9.84. The van der Waals surface area contributed by atoms with E-state index in [-0.39, 0.29) is 0 Å². The summed E-state index contributed by atoms with van der Waals surface area (Å²) in [6.07, 6.45) is 20.9. The largest absolute Gasteiger partial charge is 0.399 e. The predicted molar refractivity (Wildman–Crippen MR) is 226 cm³/mol. The normalized spacial score (nSPS) is 14.9. The molecular formula is C45H59N5S. The van der Waals surface area contributed by atoms with Crippen LogP contribution >= 0.6 is 11.9 Å². The van der Waals surface area contributed by atoms with Gasteiger partial charge in [0.2, 0.25) is 0 Å². The van der Waals surface area contributed by atoms with Gasteiger partial charge in [-0.1, -0.05) is 102 Å². The second-order valence-corrected chi connectivity index (χ2v) is 12.1. The highest BCUT2D eigenvalue weighted by Crippen LogP contribution is 2.46. The third kappa shape index (κ3) is 12.8. The van der Waals surface area contributed by atoms with Crippen molar-refractivity contribution < 1.29 is 0 Å². The smallest absolute Gasteiger partial charge is 0.0991 e. The third-order valence-corrected chi connectivity index (χ3v) is 9.26. The van der Waals surface area contributed by atoms with Crippen LogP contribution in [0.1, 0.15) is 91.2 Å². The molecule has 0 amide bonds. The molecule has 0 radical (unpaired) electrons. The number of hydrogen-bond donors (Lipinski definition) is 3. The molecule has 3 aromatic rings. The van der Waals surface area contributed by atoms with Crippen molar-refractivity contribution in [2.75, 3.05) is 22.4 Å². The van der Waals surface area contributed by atoms with Crippen LogP contribution in [0.5, 0.6) is 0 Å². The minimum absolute atomic E-state index is 0.569. The highest BCUT2D eigenvalue weighted by molar-refractivity contribution is 8.04. The van der Waals surface area contributed by atoms with Crippen molar-refractivity contribution in [3.8, 4) is 6.07 Å². The molecule has 3 aromatic carbocycles. The Labute approximate surface area is 313 Å². The summed E-state index contributed by atoms with van der Waals surface area (Å²) in [4.78, 5) is 1.39. The van der Waals surface area contributed by atoms with Crippen molar-refractivity contribution in [2.24, 2.45) is 5.73 Å². The van der Waals surface area contributed by atoms with Gasteiger partial charge in [0.05, 0.1) is 23.0 Å². The number of benzene rings is 3. The van der Waals surface area contributed by atoms with E-state index in [0.717, 1.165) is 43.5 Å². The summed E-state index contributed by atoms with van der Waals surface area (Å²) in [6.45, 7) is 12.6. The number of rotatable bonds is 3. The number of hydrogen-bond acceptors (Lipinski definition) is 6. The Hall–Kier alpha value is -4.70. The lowest BCUT2D eigenvalue weighted by Gasteiger charge is -2.34. The molecule has 51 heavy (non-hydrogen) atoms. The number of nitrogens with one attached hydrogen (secondary N) is 1. The van der Waals surface area contributed by atoms with Gasteiger partial charge in [0, 0.05) is 29.9 Å². The van der Waals surface area contributed by atoms with Crippen molar-refractivity contribution in [2.45, 2.75) is 86.6 Å². The quantitative estimate of drug-likeness (QED) is 0.186. The number of para-hydroxylation sites is 1. The minimum atomic E-state index is 0.569. The fourth-order valence-electron chi connectivity index (χ4n) is 5.67. The molecule has 8 rings (SSSR count). The number of anilines is 3. The van der Waals surface area contributed by atoms with Gasteiger partial charge in [-0.2, -0.15) is 5.26 Å². The first-order chi connectivity index (χ1) is 25.1. The molecule has 6 heteroatoms. The van der Waals surface area contributed by atoms with E-state index >= 15 is 0 Å². The predicted octanol–water partition coefficient (Wildman–Crippen LogP) is 12.4. The maximum atomic E-state index is 8.43. The van der Waals surface area contributed by atoms with Crippen molar-refractivity contribution in [1.82, 2.24) is 0 Å². The first kappa shape index (κ1) is 42.5. The lowest BCUT2D eigenvalue weighted by molar-refractivity contribution is 0.839. The zero-order valence-electron chi connectivity index (χ0n) is 31.9. The Morgan fingerprint density at radius 2 is 1.35 bits per heavy atom. The summed E-state index contributed by atoms with van der Waals surface area (Å²) in [5.74, 6) is 0. The molecule has 0 fully saturated rings. The van der Waals surface area contributed by atoms with Gasteiger partial charge < -0.3 is 16.8 Å². The Bertz CT molecular complexity index is 1700. The summed E-state index contributed by atoms with van der Waals surface area (Å²) in [7, 11) is 1.85. The van der Waals surface area contributed by atoms with Gasteiger partial charge in [-0.25, -0.2) is 0 Å². The van der Waals surface area contributed by atoms with Crippen molar-refractivity contribution in [3.63, 3.8) is 0 Å². The van der Waals surface area contributed by atoms with Gasteiger partial charge in [0.15, 0.2) is 0 Å². The molecule has 5 N–H and O–H groups in total. The molecule has 2 aliphatic heterocycles. The Balaban J connectivity index is 0.000000322. The van der Waals surface area contributed by atoms with Crippen LogP contribution in [0.4, 0.5) is 17.1 Å². The maximum absolute atomic E-state index is 8.43. The monoisotopic (exact) mass is 701 g/mol. The van der Waals surface area contributed by atoms with Gasteiger partial charge >= 0.3 is 0 Å². The minimum Gasteiger partial charge on any atom is -0.399 e. The van der Waals surface area contributed by atoms with Crippen molar-refractivity contribution in [1.29, 1.82) is 5.26 Å². The van der Waals surface area contributed by atoms with Gasteiger partial charge in [-0.05, 0) is 133 Å². The first-order valence-corrected chi connectivity index (χ1v) is 19.3. The summed E-state index contributed by atoms with van der Waals surface area (Å²) in [5.41, 5.74) is 23.7. The topological polar surface area (TPSA) is 91.1 Å². The second-order valence-electron chi connectivity index (χ2n) is 11.1. The van der Waals surface area contributed by atoms with Crippen LogP contribution in [-0.2, 0) is 6.54 Å². The fourth-order valence-corrected chi connectivity index (χ4v) is 6.85. The molecule has 3 aliphatic carbocycles. The number of allylic oxidation sites excluding steroid dienone is 10. The van der Waals surface area contributed by atoms with Gasteiger partial charge in [0.25, 0.3) is 0 Å². The number of nitrogens with two attached hydrogens (primary N) is 2. The molecule has 0 saturated carbocycles. The number of fused-ring (bicyclic) bond motifs is 3. The Kier molecular flexibility index (Phi) is 20.4. The van der Waals surface area contributed by atoms with Crippen LogP contribution < -0.4 is 21.1 Å². The van der Waals surface area contributed by atoms with Gasteiger partial charge in [0.1, 0.15) is 0 Å². The first-order valence-electron chi connectivity index (χ1n) is 18.5. The zero-order chi connectivity index (χ0) is 37.4. The molecule has 2 bridgehead atoms. The molecular weight excluding hydrogens is 643 g/mol. The summed E-state index contributed by atoms with van der Waals surface area (Å²) in [6, 6.07) is 27.5. The van der Waals surface area contributed by atoms with Crippen LogP contribution in [0.15, 0.2) is 148 Å². The van der Waals surface area contributed by atoms with Crippen LogP contribution in [0.25, 0.3) is 0 Å². The van der Waals surface area contributed by atoms with E-state index in [9.17, 15) is 0 Å². The molecule has 5 aliphatic rings. The summed E-state index contributed by atoms with van der Waals surface area (Å²) < 4.78 is 2.44. The summed E-state index contributed by atoms with van der Waals surface area (Å²) >= 11 is 1.88. The molecule has 0 saturated heterocycles. The molecule has 2 heterocycles. The highest BCUT2D eigenvalue weighted by Gasteiger charge is 2.26. The van der Waals surface area contributed by atoms with E-state index in [1.54, 1.807) is 12.1 Å². The molecule has 0 spiro atoms. The van der Waals surface area contributed by atoms with Crippen molar-refractivity contribution in [3.05, 3.63) is 159 Å². The average molecular weight is 702 g/mol. The van der Waals surface area contributed by atoms with E-state index in [0.29, 0.717) is 12.1 Å². The SMILES string of the molecule is CC.CC.CC.CNc1ccc(C#N)cc1.NCc1cccc(N2SC3=C(CCC=C3)C3=CC=C(CC3)C3=C2C=CCC3)c1.Nc1ccccc1. The van der Waals surface area contributed by atoms with Crippen LogP contribution in [-0.4, -0.2) is 7.05 Å². The van der Waals surface area contributed by atoms with Gasteiger partial charge in [-0.3, -0.25) is 4.31 Å². The van der Waals surface area contributed by atoms with E-state index in [4.69, 9.17) is 16.7 Å². The standard InChI is InChI=1S/C25H26N2S.C8H8N2.C6H7N.3C2H6/c26-17-18-6-5-7-21(16-18)27-24-10-3-1-8-22(24)19-12-14-20(15-13-19)23-9-2-4-11-25(23)28-27;1-10-8-4-2-7(6-9)3-5-8;7-6-4-2-1-3-5-6;3*1-2/h3-7,10-12,14,16H,1-2,8-9,13,15,17,26H2;2-5,10H,1H3;1-5H,7H2;3*1-2H3. The third-order valence-electron chi connectivity index (χ3n) is 8.09. The summed E-state index contributed by atoms with van der Waals surface area (Å²) in [5, 5.41) is 11.4. The molecule has 0 atom stereocenters. The fraction of sp³-hybridized carbons (Fsp3) is 0.311. The average Bonchev–Trinajstić information content (AvgIpc) is 3.23. The molecule has 5 nitrogen and oxygen atoms in total. The lowest BCUT2D eigenvalue weighted by Crippen LogP contribution is -2.20. The van der Waals surface area contributed by atoms with Crippen LogP contribution in [0, 0.1) is 11.3 Å². The Morgan fingerprint density at radius 1 is 0.745 bits per heavy atom. The zero-order valence-corrected chi connectivity index (χ0v) is 32.7. The van der Waals surface area contributed by atoms with Gasteiger partial charge in [-0.15, -0.1) is 0 Å². The maximum Gasteiger partial charge on any atom is 0.0991 e. The van der Waals surface area contributed by atoms with Crippen LogP contribution in [0.3, 0.4) is 0 Å².